The van der Waals surface area contributed by atoms with Crippen LogP contribution in [0.3, 0.4) is 0 Å². The fourth-order valence-corrected chi connectivity index (χ4v) is 3.60. The lowest BCUT2D eigenvalue weighted by Crippen LogP contribution is -2.55. The second kappa shape index (κ2) is 8.24. The molecule has 2 aliphatic rings. The fourth-order valence-electron chi connectivity index (χ4n) is 3.60. The Bertz CT molecular complexity index is 1100. The number of anilines is 2. The van der Waals surface area contributed by atoms with Crippen LogP contribution in [-0.2, 0) is 27.0 Å². The largest absolute Gasteiger partial charge is 0.416 e. The van der Waals surface area contributed by atoms with Gasteiger partial charge in [0, 0.05) is 23.5 Å². The van der Waals surface area contributed by atoms with Crippen LogP contribution in [0.4, 0.5) is 24.5 Å². The van der Waals surface area contributed by atoms with E-state index < -0.39 is 35.8 Å². The summed E-state index contributed by atoms with van der Waals surface area (Å²) in [7, 11) is 0. The fraction of sp³-hybridized carbons (Fsp3) is 0.286. The molecule has 4 rings (SSSR count). The Kier molecular flexibility index (Phi) is 5.61. The first-order valence-corrected chi connectivity index (χ1v) is 9.67. The van der Waals surface area contributed by atoms with Crippen LogP contribution in [0, 0.1) is 0 Å². The van der Waals surface area contributed by atoms with Crippen molar-refractivity contribution in [2.24, 2.45) is 10.7 Å². The van der Waals surface area contributed by atoms with Crippen molar-refractivity contribution in [3.05, 3.63) is 59.2 Å². The number of ether oxygens (including phenoxy) is 1. The van der Waals surface area contributed by atoms with Gasteiger partial charge in [0.1, 0.15) is 5.84 Å². The second-order valence-electron chi connectivity index (χ2n) is 7.34. The quantitative estimate of drug-likeness (QED) is 0.658. The highest BCUT2D eigenvalue weighted by Gasteiger charge is 2.40. The van der Waals surface area contributed by atoms with E-state index in [1.807, 2.05) is 0 Å². The Morgan fingerprint density at radius 2 is 2.06 bits per heavy atom. The van der Waals surface area contributed by atoms with E-state index in [9.17, 15) is 27.9 Å². The molecule has 0 spiro atoms. The predicted molar refractivity (Wildman–Crippen MR) is 109 cm³/mol. The summed E-state index contributed by atoms with van der Waals surface area (Å²) in [5.74, 6) is -1.30. The summed E-state index contributed by atoms with van der Waals surface area (Å²) in [6, 6.07) is 9.18. The van der Waals surface area contributed by atoms with Crippen LogP contribution in [0.2, 0.25) is 0 Å². The average molecular weight is 448 g/mol. The van der Waals surface area contributed by atoms with Gasteiger partial charge in [-0.3, -0.25) is 14.6 Å². The van der Waals surface area contributed by atoms with Crippen LogP contribution in [0.15, 0.2) is 47.5 Å². The number of halogens is 3. The molecule has 0 bridgehead atoms. The number of aliphatic hydroxyl groups excluding tert-OH is 1. The number of carbonyl (C=O) groups excluding carboxylic acids is 2. The molecule has 32 heavy (non-hydrogen) atoms. The van der Waals surface area contributed by atoms with Gasteiger partial charge in [-0.1, -0.05) is 6.07 Å². The van der Waals surface area contributed by atoms with Crippen LogP contribution < -0.4 is 16.0 Å². The Morgan fingerprint density at radius 3 is 2.81 bits per heavy atom. The number of nitrogens with zero attached hydrogens (tertiary/aromatic N) is 2. The monoisotopic (exact) mass is 448 g/mol. The highest BCUT2D eigenvalue weighted by atomic mass is 19.4. The first-order chi connectivity index (χ1) is 15.1. The van der Waals surface area contributed by atoms with Crippen LogP contribution >= 0.6 is 0 Å². The van der Waals surface area contributed by atoms with Crippen molar-refractivity contribution in [1.29, 1.82) is 0 Å². The van der Waals surface area contributed by atoms with Crippen molar-refractivity contribution in [2.45, 2.75) is 24.9 Å². The third kappa shape index (κ3) is 4.16. The molecule has 2 aromatic carbocycles. The van der Waals surface area contributed by atoms with Gasteiger partial charge in [0.2, 0.25) is 0 Å². The van der Waals surface area contributed by atoms with Gasteiger partial charge in [0.05, 0.1) is 18.7 Å². The van der Waals surface area contributed by atoms with Crippen LogP contribution in [-0.4, -0.2) is 48.1 Å². The van der Waals surface area contributed by atoms with E-state index in [0.29, 0.717) is 18.1 Å². The van der Waals surface area contributed by atoms with Crippen molar-refractivity contribution in [1.82, 2.24) is 0 Å². The molecule has 8 nitrogen and oxygen atoms in total. The van der Waals surface area contributed by atoms with Gasteiger partial charge in [-0.25, -0.2) is 0 Å². The average Bonchev–Trinajstić information content (AvgIpc) is 3.13. The first-order valence-electron chi connectivity index (χ1n) is 9.67. The number of amidine groups is 1. The smallest absolute Gasteiger partial charge is 0.383 e. The van der Waals surface area contributed by atoms with Gasteiger partial charge in [0.15, 0.2) is 12.2 Å². The number of hydrogen-bond donors (Lipinski definition) is 3. The summed E-state index contributed by atoms with van der Waals surface area (Å²) in [6.45, 7) is 0.285. The van der Waals surface area contributed by atoms with Gasteiger partial charge in [-0.05, 0) is 42.0 Å². The Morgan fingerprint density at radius 1 is 1.28 bits per heavy atom. The molecule has 0 radical (unpaired) electrons. The van der Waals surface area contributed by atoms with Crippen molar-refractivity contribution in [3.63, 3.8) is 0 Å². The number of benzene rings is 2. The molecule has 0 aliphatic carbocycles. The number of hydrogen-bond acceptors (Lipinski definition) is 6. The zero-order valence-corrected chi connectivity index (χ0v) is 16.6. The predicted octanol–water partition coefficient (Wildman–Crippen LogP) is 1.66. The number of morpholine rings is 1. The lowest BCUT2D eigenvalue weighted by molar-refractivity contribution is -0.150. The molecular weight excluding hydrogens is 429 g/mol. The molecule has 168 valence electrons. The maximum Gasteiger partial charge on any atom is 0.416 e. The number of aliphatic imine (C=N–C) groups is 1. The molecule has 2 heterocycles. The molecular formula is C21H19F3N4O4. The van der Waals surface area contributed by atoms with Gasteiger partial charge in [-0.2, -0.15) is 13.2 Å². The Labute approximate surface area is 180 Å². The molecule has 0 saturated carbocycles. The van der Waals surface area contributed by atoms with E-state index in [1.54, 1.807) is 18.2 Å². The topological polar surface area (TPSA) is 117 Å². The van der Waals surface area contributed by atoms with E-state index in [1.165, 1.54) is 12.1 Å². The SMILES string of the molecule is NC1=NCc2cc(NC(=O)[C@H](O)[C@H]3OCCN(c4cccc(C(F)(F)F)c4)C3=O)ccc21. The molecule has 2 amide bonds. The summed E-state index contributed by atoms with van der Waals surface area (Å²) < 4.78 is 44.3. The molecule has 1 saturated heterocycles. The van der Waals surface area contributed by atoms with Gasteiger partial charge >= 0.3 is 6.18 Å². The van der Waals surface area contributed by atoms with Crippen molar-refractivity contribution < 1.29 is 32.6 Å². The summed E-state index contributed by atoms with van der Waals surface area (Å²) in [4.78, 5) is 30.5. The summed E-state index contributed by atoms with van der Waals surface area (Å²) in [6.07, 6.45) is -8.01. The minimum absolute atomic E-state index is 0.00180. The Hall–Kier alpha value is -3.44. The van der Waals surface area contributed by atoms with Crippen LogP contribution in [0.5, 0.6) is 0 Å². The lowest BCUT2D eigenvalue weighted by atomic mass is 10.1. The zero-order valence-electron chi connectivity index (χ0n) is 16.6. The zero-order chi connectivity index (χ0) is 23.0. The van der Waals surface area contributed by atoms with E-state index in [4.69, 9.17) is 10.5 Å². The minimum Gasteiger partial charge on any atom is -0.383 e. The van der Waals surface area contributed by atoms with E-state index in [-0.39, 0.29) is 18.8 Å². The maximum absolute atomic E-state index is 13.0. The molecule has 2 aromatic rings. The van der Waals surface area contributed by atoms with Gasteiger partial charge < -0.3 is 25.8 Å². The van der Waals surface area contributed by atoms with Crippen molar-refractivity contribution >= 4 is 29.0 Å². The van der Waals surface area contributed by atoms with E-state index in [0.717, 1.165) is 28.2 Å². The normalized spacial score (nSPS) is 19.4. The molecule has 1 fully saturated rings. The highest BCUT2D eigenvalue weighted by molar-refractivity contribution is 6.05. The van der Waals surface area contributed by atoms with Gasteiger partial charge in [-0.15, -0.1) is 0 Å². The summed E-state index contributed by atoms with van der Waals surface area (Å²) in [5.41, 5.74) is 6.77. The molecule has 0 unspecified atom stereocenters. The number of aliphatic hydroxyl groups is 1. The Balaban J connectivity index is 1.47. The highest BCUT2D eigenvalue weighted by Crippen LogP contribution is 2.32. The second-order valence-corrected chi connectivity index (χ2v) is 7.34. The number of nitrogens with one attached hydrogen (secondary N) is 1. The summed E-state index contributed by atoms with van der Waals surface area (Å²) in [5, 5.41) is 13.0. The standard InChI is InChI=1S/C21H19F3N4O4/c22-21(23,24)12-2-1-3-14(9-12)28-6-7-32-17(20(28)31)16(29)19(30)27-13-4-5-15-11(8-13)10-26-18(15)25/h1-5,8-9,16-17,29H,6-7,10H2,(H2,25,26)(H,27,30)/t16-,17-/m1/s1. The van der Waals surface area contributed by atoms with Crippen LogP contribution in [0.25, 0.3) is 0 Å². The molecule has 2 aliphatic heterocycles. The molecule has 4 N–H and O–H groups in total. The number of rotatable bonds is 4. The number of fused-ring (bicyclic) bond motifs is 1. The van der Waals surface area contributed by atoms with E-state index >= 15 is 0 Å². The van der Waals surface area contributed by atoms with E-state index in [2.05, 4.69) is 10.3 Å². The van der Waals surface area contributed by atoms with Crippen molar-refractivity contribution in [3.8, 4) is 0 Å². The number of carbonyl (C=O) groups is 2. The number of alkyl halides is 3. The third-order valence-electron chi connectivity index (χ3n) is 5.23. The lowest BCUT2D eigenvalue weighted by Gasteiger charge is -2.34. The first kappa shape index (κ1) is 21.8. The number of nitrogens with two attached hydrogens (primary N) is 1. The minimum atomic E-state index is -4.57. The summed E-state index contributed by atoms with van der Waals surface area (Å²) >= 11 is 0. The van der Waals surface area contributed by atoms with Gasteiger partial charge in [0.25, 0.3) is 11.8 Å². The molecule has 2 atom stereocenters. The maximum atomic E-state index is 13.0. The molecule has 11 heteroatoms. The third-order valence-corrected chi connectivity index (χ3v) is 5.23. The molecule has 0 aromatic heterocycles. The van der Waals surface area contributed by atoms with Crippen molar-refractivity contribution in [2.75, 3.05) is 23.4 Å². The number of amides is 2. The van der Waals surface area contributed by atoms with Crippen LogP contribution in [0.1, 0.15) is 16.7 Å².